The number of hydrogen-bond acceptors (Lipinski definition) is 4. The summed E-state index contributed by atoms with van der Waals surface area (Å²) in [5, 5.41) is 14.3. The summed E-state index contributed by atoms with van der Waals surface area (Å²) in [6.07, 6.45) is 2.24. The monoisotopic (exact) mass is 337 g/mol. The van der Waals surface area contributed by atoms with Crippen LogP contribution < -0.4 is 4.72 Å². The van der Waals surface area contributed by atoms with Gasteiger partial charge in [-0.3, -0.25) is 5.10 Å². The van der Waals surface area contributed by atoms with E-state index in [1.807, 2.05) is 30.3 Å². The minimum Gasteiger partial charge on any atom is -0.478 e. The van der Waals surface area contributed by atoms with Gasteiger partial charge in [0.1, 0.15) is 5.56 Å². The predicted molar refractivity (Wildman–Crippen MR) is 84.7 cm³/mol. The van der Waals surface area contributed by atoms with Crippen molar-refractivity contribution in [2.75, 3.05) is 0 Å². The highest BCUT2D eigenvalue weighted by molar-refractivity contribution is 7.89. The molecule has 23 heavy (non-hydrogen) atoms. The Balaban J connectivity index is 2.12. The lowest BCUT2D eigenvalue weighted by molar-refractivity contribution is 0.0692. The Labute approximate surface area is 134 Å². The Morgan fingerprint density at radius 2 is 1.96 bits per heavy atom. The lowest BCUT2D eigenvalue weighted by Crippen LogP contribution is -2.44. The van der Waals surface area contributed by atoms with Crippen LogP contribution in [0.4, 0.5) is 0 Å². The fourth-order valence-electron chi connectivity index (χ4n) is 2.20. The van der Waals surface area contributed by atoms with Crippen molar-refractivity contribution in [3.05, 3.63) is 47.7 Å². The van der Waals surface area contributed by atoms with Crippen LogP contribution >= 0.6 is 0 Å². The summed E-state index contributed by atoms with van der Waals surface area (Å²) in [6, 6.07) is 9.72. The SMILES string of the molecule is CC(C)(CCc1ccccc1)NS(=O)(=O)c1[nH]ncc1C(=O)O. The van der Waals surface area contributed by atoms with Crippen LogP contribution in [0.1, 0.15) is 36.2 Å². The molecule has 124 valence electrons. The van der Waals surface area contributed by atoms with Gasteiger partial charge in [-0.15, -0.1) is 0 Å². The molecule has 0 amide bonds. The van der Waals surface area contributed by atoms with Crippen LogP contribution in [0.2, 0.25) is 0 Å². The van der Waals surface area contributed by atoms with Crippen molar-refractivity contribution in [2.45, 2.75) is 37.3 Å². The van der Waals surface area contributed by atoms with Gasteiger partial charge >= 0.3 is 5.97 Å². The number of nitrogens with zero attached hydrogens (tertiary/aromatic N) is 1. The van der Waals surface area contributed by atoms with E-state index >= 15 is 0 Å². The van der Waals surface area contributed by atoms with E-state index in [2.05, 4.69) is 14.9 Å². The van der Waals surface area contributed by atoms with Gasteiger partial charge in [-0.05, 0) is 32.3 Å². The van der Waals surface area contributed by atoms with Gasteiger partial charge in [0.05, 0.1) is 6.20 Å². The Kier molecular flexibility index (Phi) is 4.86. The minimum atomic E-state index is -4.00. The normalized spacial score (nSPS) is 12.3. The number of benzene rings is 1. The van der Waals surface area contributed by atoms with Gasteiger partial charge in [0, 0.05) is 5.54 Å². The van der Waals surface area contributed by atoms with Crippen LogP contribution in [0.5, 0.6) is 0 Å². The van der Waals surface area contributed by atoms with E-state index < -0.39 is 26.6 Å². The Morgan fingerprint density at radius 1 is 1.30 bits per heavy atom. The summed E-state index contributed by atoms with van der Waals surface area (Å²) in [6.45, 7) is 3.51. The number of aromatic carboxylic acids is 1. The van der Waals surface area contributed by atoms with Crippen LogP contribution in [-0.2, 0) is 16.4 Å². The average Bonchev–Trinajstić information content (AvgIpc) is 2.96. The second kappa shape index (κ2) is 6.51. The Hall–Kier alpha value is -2.19. The molecule has 0 aliphatic carbocycles. The maximum atomic E-state index is 12.4. The summed E-state index contributed by atoms with van der Waals surface area (Å²) in [5.41, 5.74) is -0.0147. The molecule has 8 heteroatoms. The molecule has 0 saturated heterocycles. The highest BCUT2D eigenvalue weighted by Gasteiger charge is 2.30. The van der Waals surface area contributed by atoms with E-state index in [4.69, 9.17) is 5.11 Å². The maximum Gasteiger partial charge on any atom is 0.340 e. The first-order chi connectivity index (χ1) is 10.7. The van der Waals surface area contributed by atoms with Crippen LogP contribution in [0.15, 0.2) is 41.6 Å². The molecule has 0 bridgehead atoms. The molecular weight excluding hydrogens is 318 g/mol. The molecule has 0 fully saturated rings. The number of rotatable bonds is 7. The van der Waals surface area contributed by atoms with Gasteiger partial charge in [0.25, 0.3) is 10.0 Å². The lowest BCUT2D eigenvalue weighted by Gasteiger charge is -2.25. The Morgan fingerprint density at radius 3 is 2.57 bits per heavy atom. The lowest BCUT2D eigenvalue weighted by atomic mass is 9.97. The molecule has 2 aromatic rings. The molecule has 0 spiro atoms. The number of sulfonamides is 1. The fourth-order valence-corrected chi connectivity index (χ4v) is 3.73. The molecular formula is C15H19N3O4S. The summed E-state index contributed by atoms with van der Waals surface area (Å²) >= 11 is 0. The number of aromatic nitrogens is 2. The second-order valence-electron chi connectivity index (χ2n) is 5.89. The quantitative estimate of drug-likeness (QED) is 0.713. The van der Waals surface area contributed by atoms with E-state index in [-0.39, 0.29) is 5.56 Å². The first-order valence-electron chi connectivity index (χ1n) is 7.06. The zero-order valence-corrected chi connectivity index (χ0v) is 13.7. The fraction of sp³-hybridized carbons (Fsp3) is 0.333. The molecule has 0 atom stereocenters. The molecule has 7 nitrogen and oxygen atoms in total. The third-order valence-electron chi connectivity index (χ3n) is 3.40. The van der Waals surface area contributed by atoms with E-state index in [0.717, 1.165) is 11.8 Å². The number of hydrogen-bond donors (Lipinski definition) is 3. The topological polar surface area (TPSA) is 112 Å². The number of aromatic amines is 1. The Bertz CT molecular complexity index is 782. The standard InChI is InChI=1S/C15H19N3O4S/c1-15(2,9-8-11-6-4-3-5-7-11)18-23(21,22)13-12(14(19)20)10-16-17-13/h3-7,10,18H,8-9H2,1-2H3,(H,16,17)(H,19,20). The smallest absolute Gasteiger partial charge is 0.340 e. The molecule has 3 N–H and O–H groups in total. The van der Waals surface area contributed by atoms with Crippen molar-refractivity contribution in [1.29, 1.82) is 0 Å². The third-order valence-corrected chi connectivity index (χ3v) is 5.07. The van der Waals surface area contributed by atoms with E-state index in [1.54, 1.807) is 13.8 Å². The molecule has 1 heterocycles. The zero-order chi connectivity index (χ0) is 17.1. The van der Waals surface area contributed by atoms with Gasteiger partial charge < -0.3 is 5.11 Å². The first kappa shape index (κ1) is 17.2. The van der Waals surface area contributed by atoms with Crippen LogP contribution in [0, 0.1) is 0 Å². The largest absolute Gasteiger partial charge is 0.478 e. The van der Waals surface area contributed by atoms with Gasteiger partial charge in [-0.25, -0.2) is 17.9 Å². The van der Waals surface area contributed by atoms with E-state index in [1.165, 1.54) is 0 Å². The maximum absolute atomic E-state index is 12.4. The molecule has 0 saturated carbocycles. The van der Waals surface area contributed by atoms with Crippen molar-refractivity contribution in [3.8, 4) is 0 Å². The van der Waals surface area contributed by atoms with Crippen LogP contribution in [0.25, 0.3) is 0 Å². The molecule has 1 aromatic carbocycles. The molecule has 2 rings (SSSR count). The number of nitrogens with one attached hydrogen (secondary N) is 2. The molecule has 0 aliphatic rings. The number of carboxylic acids is 1. The average molecular weight is 337 g/mol. The van der Waals surface area contributed by atoms with Gasteiger partial charge in [-0.2, -0.15) is 5.10 Å². The number of carboxylic acid groups (broad SMARTS) is 1. The van der Waals surface area contributed by atoms with Gasteiger partial charge in [0.2, 0.25) is 0 Å². The highest BCUT2D eigenvalue weighted by atomic mass is 32.2. The zero-order valence-electron chi connectivity index (χ0n) is 12.9. The minimum absolute atomic E-state index is 0.378. The van der Waals surface area contributed by atoms with Crippen molar-refractivity contribution < 1.29 is 18.3 Å². The van der Waals surface area contributed by atoms with Crippen molar-refractivity contribution in [3.63, 3.8) is 0 Å². The molecule has 0 unspecified atom stereocenters. The van der Waals surface area contributed by atoms with Gasteiger partial charge in [-0.1, -0.05) is 30.3 Å². The van der Waals surface area contributed by atoms with Crippen molar-refractivity contribution in [1.82, 2.24) is 14.9 Å². The van der Waals surface area contributed by atoms with E-state index in [9.17, 15) is 13.2 Å². The predicted octanol–water partition coefficient (Wildman–Crippen LogP) is 1.80. The number of aryl methyl sites for hydroxylation is 1. The van der Waals surface area contributed by atoms with E-state index in [0.29, 0.717) is 12.8 Å². The summed E-state index contributed by atoms with van der Waals surface area (Å²) in [4.78, 5) is 11.1. The van der Waals surface area contributed by atoms with Crippen LogP contribution in [0.3, 0.4) is 0 Å². The second-order valence-corrected chi connectivity index (χ2v) is 7.51. The third kappa shape index (κ3) is 4.40. The summed E-state index contributed by atoms with van der Waals surface area (Å²) in [5.74, 6) is -1.35. The summed E-state index contributed by atoms with van der Waals surface area (Å²) < 4.78 is 27.3. The van der Waals surface area contributed by atoms with Crippen LogP contribution in [-0.4, -0.2) is 35.2 Å². The van der Waals surface area contributed by atoms with Crippen molar-refractivity contribution >= 4 is 16.0 Å². The molecule has 1 aromatic heterocycles. The summed E-state index contributed by atoms with van der Waals surface area (Å²) in [7, 11) is -4.00. The molecule has 0 aliphatic heterocycles. The van der Waals surface area contributed by atoms with Gasteiger partial charge in [0.15, 0.2) is 5.03 Å². The number of H-pyrrole nitrogens is 1. The highest BCUT2D eigenvalue weighted by Crippen LogP contribution is 2.19. The number of carbonyl (C=O) groups is 1. The molecule has 0 radical (unpaired) electrons. The van der Waals surface area contributed by atoms with Crippen molar-refractivity contribution in [2.24, 2.45) is 0 Å². The first-order valence-corrected chi connectivity index (χ1v) is 8.54.